The van der Waals surface area contributed by atoms with Gasteiger partial charge in [0.1, 0.15) is 5.82 Å². The molecule has 0 N–H and O–H groups in total. The van der Waals surface area contributed by atoms with Crippen molar-refractivity contribution in [2.45, 2.75) is 32.4 Å². The molecule has 0 radical (unpaired) electrons. The Morgan fingerprint density at radius 1 is 1.03 bits per heavy atom. The molecule has 2 amide bonds. The molecule has 0 saturated heterocycles. The number of rotatable bonds is 3. The summed E-state index contributed by atoms with van der Waals surface area (Å²) in [6.45, 7) is 3.54. The Bertz CT molecular complexity index is 1120. The third-order valence-electron chi connectivity index (χ3n) is 5.61. The standard InChI is InChI=1S/C25H22BrFN2O2/c1-16-14-24(29(17(2)30)21-6-4-3-5-7-21)22-15-19(26)10-13-23(22)28(16)25(31)18-8-11-20(27)12-9-18/h3-13,15-16,24H,14H2,1-2H3. The number of nitrogens with zero attached hydrogens (tertiary/aromatic N) is 2. The van der Waals surface area contributed by atoms with E-state index in [-0.39, 0.29) is 29.7 Å². The van der Waals surface area contributed by atoms with E-state index >= 15 is 0 Å². The van der Waals surface area contributed by atoms with E-state index in [4.69, 9.17) is 0 Å². The van der Waals surface area contributed by atoms with Crippen LogP contribution in [0.3, 0.4) is 0 Å². The summed E-state index contributed by atoms with van der Waals surface area (Å²) in [4.78, 5) is 29.6. The molecule has 0 aliphatic carbocycles. The Hall–Kier alpha value is -2.99. The molecule has 1 aliphatic heterocycles. The van der Waals surface area contributed by atoms with Gasteiger partial charge in [-0.1, -0.05) is 34.1 Å². The van der Waals surface area contributed by atoms with E-state index in [1.165, 1.54) is 24.3 Å². The van der Waals surface area contributed by atoms with Gasteiger partial charge < -0.3 is 9.80 Å². The first-order valence-corrected chi connectivity index (χ1v) is 10.9. The van der Waals surface area contributed by atoms with Crippen molar-refractivity contribution in [3.63, 3.8) is 0 Å². The Labute approximate surface area is 189 Å². The first-order valence-electron chi connectivity index (χ1n) is 10.1. The van der Waals surface area contributed by atoms with Crippen LogP contribution in [0.1, 0.15) is 42.2 Å². The van der Waals surface area contributed by atoms with E-state index in [0.29, 0.717) is 12.0 Å². The van der Waals surface area contributed by atoms with Gasteiger partial charge in [-0.3, -0.25) is 9.59 Å². The molecule has 6 heteroatoms. The number of para-hydroxylation sites is 1. The minimum atomic E-state index is -0.382. The summed E-state index contributed by atoms with van der Waals surface area (Å²) in [6, 6.07) is 20.5. The van der Waals surface area contributed by atoms with Crippen LogP contribution in [-0.2, 0) is 4.79 Å². The minimum Gasteiger partial charge on any atom is -0.305 e. The van der Waals surface area contributed by atoms with Gasteiger partial charge in [0, 0.05) is 34.4 Å². The predicted molar refractivity (Wildman–Crippen MR) is 124 cm³/mol. The highest BCUT2D eigenvalue weighted by molar-refractivity contribution is 9.10. The molecule has 158 valence electrons. The number of carbonyl (C=O) groups is 2. The van der Waals surface area contributed by atoms with E-state index in [9.17, 15) is 14.0 Å². The van der Waals surface area contributed by atoms with Crippen LogP contribution in [0.5, 0.6) is 0 Å². The summed E-state index contributed by atoms with van der Waals surface area (Å²) in [5.74, 6) is -0.635. The quantitative estimate of drug-likeness (QED) is 0.452. The lowest BCUT2D eigenvalue weighted by molar-refractivity contribution is -0.117. The molecule has 1 aliphatic rings. The average molecular weight is 481 g/mol. The smallest absolute Gasteiger partial charge is 0.258 e. The predicted octanol–water partition coefficient (Wildman–Crippen LogP) is 6.12. The van der Waals surface area contributed by atoms with Crippen LogP contribution >= 0.6 is 15.9 Å². The van der Waals surface area contributed by atoms with Crippen molar-refractivity contribution >= 4 is 39.1 Å². The maximum atomic E-state index is 13.4. The van der Waals surface area contributed by atoms with E-state index in [0.717, 1.165) is 21.4 Å². The summed E-state index contributed by atoms with van der Waals surface area (Å²) in [7, 11) is 0. The number of fused-ring (bicyclic) bond motifs is 1. The van der Waals surface area contributed by atoms with Crippen molar-refractivity contribution in [3.05, 3.63) is 94.2 Å². The molecular weight excluding hydrogens is 459 g/mol. The van der Waals surface area contributed by atoms with E-state index in [2.05, 4.69) is 15.9 Å². The fourth-order valence-corrected chi connectivity index (χ4v) is 4.64. The van der Waals surface area contributed by atoms with Gasteiger partial charge in [-0.15, -0.1) is 0 Å². The monoisotopic (exact) mass is 480 g/mol. The lowest BCUT2D eigenvalue weighted by Crippen LogP contribution is -2.47. The van der Waals surface area contributed by atoms with Gasteiger partial charge in [0.05, 0.1) is 6.04 Å². The van der Waals surface area contributed by atoms with Crippen LogP contribution in [-0.4, -0.2) is 17.9 Å². The van der Waals surface area contributed by atoms with Crippen molar-refractivity contribution in [2.24, 2.45) is 0 Å². The highest BCUT2D eigenvalue weighted by atomic mass is 79.9. The molecule has 0 aromatic heterocycles. The van der Waals surface area contributed by atoms with Crippen LogP contribution in [0.15, 0.2) is 77.3 Å². The third-order valence-corrected chi connectivity index (χ3v) is 6.10. The number of hydrogen-bond acceptors (Lipinski definition) is 2. The fourth-order valence-electron chi connectivity index (χ4n) is 4.26. The number of halogens is 2. The zero-order chi connectivity index (χ0) is 22.1. The summed E-state index contributed by atoms with van der Waals surface area (Å²) in [5.41, 5.74) is 2.88. The highest BCUT2D eigenvalue weighted by Crippen LogP contribution is 2.43. The fraction of sp³-hybridized carbons (Fsp3) is 0.200. The van der Waals surface area contributed by atoms with E-state index < -0.39 is 0 Å². The molecule has 31 heavy (non-hydrogen) atoms. The number of amides is 2. The van der Waals surface area contributed by atoms with Gasteiger partial charge in [0.25, 0.3) is 5.91 Å². The van der Waals surface area contributed by atoms with Gasteiger partial charge in [-0.2, -0.15) is 0 Å². The number of carbonyl (C=O) groups excluding carboxylic acids is 2. The van der Waals surface area contributed by atoms with Crippen LogP contribution in [0.2, 0.25) is 0 Å². The summed E-state index contributed by atoms with van der Waals surface area (Å²) < 4.78 is 14.2. The van der Waals surface area contributed by atoms with Crippen LogP contribution < -0.4 is 9.80 Å². The molecule has 2 unspecified atom stereocenters. The topological polar surface area (TPSA) is 40.6 Å². The van der Waals surface area contributed by atoms with Gasteiger partial charge >= 0.3 is 0 Å². The second-order valence-electron chi connectivity index (χ2n) is 7.71. The summed E-state index contributed by atoms with van der Waals surface area (Å²) in [6.07, 6.45) is 0.574. The lowest BCUT2D eigenvalue weighted by atomic mass is 9.89. The van der Waals surface area contributed by atoms with Gasteiger partial charge in [-0.25, -0.2) is 4.39 Å². The molecule has 4 rings (SSSR count). The average Bonchev–Trinajstić information content (AvgIpc) is 2.75. The van der Waals surface area contributed by atoms with Crippen molar-refractivity contribution < 1.29 is 14.0 Å². The van der Waals surface area contributed by atoms with Gasteiger partial charge in [0.15, 0.2) is 0 Å². The molecule has 0 spiro atoms. The second kappa shape index (κ2) is 8.63. The summed E-state index contributed by atoms with van der Waals surface area (Å²) >= 11 is 3.54. The van der Waals surface area contributed by atoms with Crippen molar-refractivity contribution in [1.82, 2.24) is 0 Å². The van der Waals surface area contributed by atoms with Crippen molar-refractivity contribution in [2.75, 3.05) is 9.80 Å². The first kappa shape index (κ1) is 21.2. The van der Waals surface area contributed by atoms with Crippen LogP contribution in [0.4, 0.5) is 15.8 Å². The highest BCUT2D eigenvalue weighted by Gasteiger charge is 2.38. The molecule has 0 saturated carbocycles. The summed E-state index contributed by atoms with van der Waals surface area (Å²) in [5, 5.41) is 0. The number of hydrogen-bond donors (Lipinski definition) is 0. The third kappa shape index (κ3) is 4.12. The largest absolute Gasteiger partial charge is 0.305 e. The Kier molecular flexibility index (Phi) is 5.92. The van der Waals surface area contributed by atoms with E-state index in [1.54, 1.807) is 16.7 Å². The molecule has 3 aromatic rings. The van der Waals surface area contributed by atoms with Crippen LogP contribution in [0, 0.1) is 5.82 Å². The Morgan fingerprint density at radius 3 is 2.35 bits per heavy atom. The molecular formula is C25H22BrFN2O2. The molecule has 4 nitrogen and oxygen atoms in total. The maximum Gasteiger partial charge on any atom is 0.258 e. The van der Waals surface area contributed by atoms with Crippen molar-refractivity contribution in [1.29, 1.82) is 0 Å². The molecule has 0 bridgehead atoms. The molecule has 3 aromatic carbocycles. The number of benzene rings is 3. The lowest BCUT2D eigenvalue weighted by Gasteiger charge is -2.43. The van der Waals surface area contributed by atoms with E-state index in [1.807, 2.05) is 55.5 Å². The Morgan fingerprint density at radius 2 is 1.71 bits per heavy atom. The molecule has 0 fully saturated rings. The number of anilines is 2. The molecule has 2 atom stereocenters. The first-order chi connectivity index (χ1) is 14.9. The SMILES string of the molecule is CC(=O)N(c1ccccc1)C1CC(C)N(C(=O)c2ccc(F)cc2)c2ccc(Br)cc21. The second-order valence-corrected chi connectivity index (χ2v) is 8.63. The zero-order valence-electron chi connectivity index (χ0n) is 17.3. The zero-order valence-corrected chi connectivity index (χ0v) is 18.8. The van der Waals surface area contributed by atoms with Gasteiger partial charge in [-0.05, 0) is 73.5 Å². The Balaban J connectivity index is 1.81. The van der Waals surface area contributed by atoms with Crippen molar-refractivity contribution in [3.8, 4) is 0 Å². The molecule has 1 heterocycles. The van der Waals surface area contributed by atoms with Gasteiger partial charge in [0.2, 0.25) is 5.91 Å². The van der Waals surface area contributed by atoms with Crippen LogP contribution in [0.25, 0.3) is 0 Å². The minimum absolute atomic E-state index is 0.0624. The normalized spacial score (nSPS) is 17.7. The maximum absolute atomic E-state index is 13.4.